The number of benzene rings is 1. The Kier molecular flexibility index (Phi) is 4.82. The van der Waals surface area contributed by atoms with Crippen molar-refractivity contribution in [1.82, 2.24) is 9.80 Å². The third kappa shape index (κ3) is 4.38. The number of nitrogens with zero attached hydrogens (tertiary/aromatic N) is 2. The van der Waals surface area contributed by atoms with E-state index in [1.807, 2.05) is 29.2 Å². The summed E-state index contributed by atoms with van der Waals surface area (Å²) in [4.78, 5) is 16.3. The largest absolute Gasteiger partial charge is 0.323 e. The normalized spacial score (nSPS) is 20.3. The van der Waals surface area contributed by atoms with Gasteiger partial charge in [-0.3, -0.25) is 0 Å². The average Bonchev–Trinajstić information content (AvgIpc) is 3.32. The van der Waals surface area contributed by atoms with Crippen molar-refractivity contribution in [1.29, 1.82) is 0 Å². The fraction of sp³-hybridized carbons (Fsp3) is 0.562. The van der Waals surface area contributed by atoms with E-state index in [4.69, 9.17) is 11.6 Å². The number of rotatable bonds is 4. The van der Waals surface area contributed by atoms with Crippen LogP contribution >= 0.6 is 11.6 Å². The molecule has 0 radical (unpaired) electrons. The molecule has 2 fully saturated rings. The molecule has 7 heteroatoms. The molecule has 1 aromatic carbocycles. The van der Waals surface area contributed by atoms with Crippen molar-refractivity contribution < 1.29 is 13.2 Å². The lowest BCUT2D eigenvalue weighted by Gasteiger charge is -2.33. The van der Waals surface area contributed by atoms with Crippen LogP contribution < -0.4 is 0 Å². The summed E-state index contributed by atoms with van der Waals surface area (Å²) in [5.41, 5.74) is 0.924. The molecule has 1 aromatic rings. The summed E-state index contributed by atoms with van der Waals surface area (Å²) >= 11 is 6.22. The number of carbonyl (C=O) groups excluding carboxylic acids is 1. The predicted molar refractivity (Wildman–Crippen MR) is 90.2 cm³/mol. The number of amides is 2. The van der Waals surface area contributed by atoms with E-state index in [1.165, 1.54) is 0 Å². The van der Waals surface area contributed by atoms with Gasteiger partial charge in [-0.25, -0.2) is 13.2 Å². The van der Waals surface area contributed by atoms with Gasteiger partial charge in [-0.05, 0) is 30.4 Å². The van der Waals surface area contributed by atoms with Crippen molar-refractivity contribution in [2.24, 2.45) is 5.92 Å². The quantitative estimate of drug-likeness (QED) is 0.832. The van der Waals surface area contributed by atoms with Crippen LogP contribution in [0.4, 0.5) is 4.79 Å². The van der Waals surface area contributed by atoms with Gasteiger partial charge in [-0.2, -0.15) is 0 Å². The first-order valence-corrected chi connectivity index (χ1v) is 10.1. The van der Waals surface area contributed by atoms with Gasteiger partial charge in [0.25, 0.3) is 0 Å². The highest BCUT2D eigenvalue weighted by atomic mass is 35.5. The molecule has 1 saturated heterocycles. The molecule has 0 unspecified atom stereocenters. The fourth-order valence-corrected chi connectivity index (χ4v) is 4.16. The molecule has 1 aliphatic carbocycles. The SMILES string of the molecule is O=C(N1CCS(=O)(=O)CC1)N(Cc1ccccc1Cl)CC1CC1. The van der Waals surface area contributed by atoms with Crippen LogP contribution in [0.3, 0.4) is 0 Å². The summed E-state index contributed by atoms with van der Waals surface area (Å²) in [5.74, 6) is 0.680. The second-order valence-corrected chi connectivity index (χ2v) is 9.05. The van der Waals surface area contributed by atoms with Crippen LogP contribution in [0, 0.1) is 5.92 Å². The molecule has 0 bridgehead atoms. The molecule has 3 rings (SSSR count). The summed E-state index contributed by atoms with van der Waals surface area (Å²) < 4.78 is 23.1. The van der Waals surface area contributed by atoms with Crippen molar-refractivity contribution >= 4 is 27.5 Å². The Labute approximate surface area is 142 Å². The van der Waals surface area contributed by atoms with Crippen LogP contribution in [0.5, 0.6) is 0 Å². The van der Waals surface area contributed by atoms with Gasteiger partial charge in [0.1, 0.15) is 0 Å². The van der Waals surface area contributed by atoms with Crippen molar-refractivity contribution in [3.05, 3.63) is 34.9 Å². The summed E-state index contributed by atoms with van der Waals surface area (Å²) in [6.07, 6.45) is 2.31. The van der Waals surface area contributed by atoms with Crippen LogP contribution in [0.25, 0.3) is 0 Å². The Hall–Kier alpha value is -1.27. The number of carbonyl (C=O) groups is 1. The molecule has 1 aliphatic heterocycles. The number of hydrogen-bond acceptors (Lipinski definition) is 3. The number of sulfone groups is 1. The molecule has 0 N–H and O–H groups in total. The molecule has 0 aromatic heterocycles. The summed E-state index contributed by atoms with van der Waals surface area (Å²) in [5, 5.41) is 0.655. The van der Waals surface area contributed by atoms with Gasteiger partial charge in [0, 0.05) is 31.2 Å². The van der Waals surface area contributed by atoms with Gasteiger partial charge >= 0.3 is 6.03 Å². The molecule has 0 atom stereocenters. The van der Waals surface area contributed by atoms with Gasteiger partial charge in [0.2, 0.25) is 0 Å². The summed E-state index contributed by atoms with van der Waals surface area (Å²) in [7, 11) is -2.98. The van der Waals surface area contributed by atoms with Gasteiger partial charge in [0.05, 0.1) is 11.5 Å². The van der Waals surface area contributed by atoms with E-state index in [9.17, 15) is 13.2 Å². The highest BCUT2D eigenvalue weighted by Crippen LogP contribution is 2.31. The maximum Gasteiger partial charge on any atom is 0.320 e. The van der Waals surface area contributed by atoms with Crippen molar-refractivity contribution in [3.8, 4) is 0 Å². The first kappa shape index (κ1) is 16.6. The highest BCUT2D eigenvalue weighted by Gasteiger charge is 2.32. The third-order valence-corrected chi connectivity index (χ3v) is 6.36. The standard InChI is InChI=1S/C16H21ClN2O3S/c17-15-4-2-1-3-14(15)12-19(11-13-5-6-13)16(20)18-7-9-23(21,22)10-8-18/h1-4,13H,5-12H2. The smallest absolute Gasteiger partial charge is 0.320 e. The van der Waals surface area contributed by atoms with Crippen LogP contribution in [0.2, 0.25) is 5.02 Å². The topological polar surface area (TPSA) is 57.7 Å². The summed E-state index contributed by atoms with van der Waals surface area (Å²) in [6.45, 7) is 1.75. The molecule has 1 heterocycles. The van der Waals surface area contributed by atoms with E-state index in [-0.39, 0.29) is 30.6 Å². The maximum absolute atomic E-state index is 12.8. The second-order valence-electron chi connectivity index (χ2n) is 6.34. The van der Waals surface area contributed by atoms with Gasteiger partial charge < -0.3 is 9.80 Å². The predicted octanol–water partition coefficient (Wildman–Crippen LogP) is 2.40. The minimum Gasteiger partial charge on any atom is -0.323 e. The lowest BCUT2D eigenvalue weighted by atomic mass is 10.2. The van der Waals surface area contributed by atoms with Gasteiger partial charge in [-0.15, -0.1) is 0 Å². The Morgan fingerprint density at radius 1 is 1.22 bits per heavy atom. The minimum atomic E-state index is -2.98. The van der Waals surface area contributed by atoms with E-state index in [0.29, 0.717) is 24.0 Å². The number of halogens is 1. The number of hydrogen-bond donors (Lipinski definition) is 0. The Bertz CT molecular complexity index is 674. The van der Waals surface area contributed by atoms with E-state index in [2.05, 4.69) is 0 Å². The monoisotopic (exact) mass is 356 g/mol. The first-order valence-electron chi connectivity index (χ1n) is 7.92. The Morgan fingerprint density at radius 3 is 2.48 bits per heavy atom. The zero-order chi connectivity index (χ0) is 16.4. The molecule has 126 valence electrons. The maximum atomic E-state index is 12.8. The molecular formula is C16H21ClN2O3S. The van der Waals surface area contributed by atoms with Crippen molar-refractivity contribution in [2.75, 3.05) is 31.1 Å². The van der Waals surface area contributed by atoms with E-state index in [0.717, 1.165) is 18.4 Å². The van der Waals surface area contributed by atoms with Gasteiger partial charge in [0.15, 0.2) is 9.84 Å². The Balaban J connectivity index is 1.70. The molecular weight excluding hydrogens is 336 g/mol. The van der Waals surface area contributed by atoms with Crippen molar-refractivity contribution in [2.45, 2.75) is 19.4 Å². The highest BCUT2D eigenvalue weighted by molar-refractivity contribution is 7.91. The van der Waals surface area contributed by atoms with Crippen LogP contribution in [0.1, 0.15) is 18.4 Å². The van der Waals surface area contributed by atoms with E-state index >= 15 is 0 Å². The lowest BCUT2D eigenvalue weighted by molar-refractivity contribution is 0.151. The van der Waals surface area contributed by atoms with Crippen LogP contribution in [0.15, 0.2) is 24.3 Å². The molecule has 2 amide bonds. The molecule has 1 saturated carbocycles. The average molecular weight is 357 g/mol. The van der Waals surface area contributed by atoms with Crippen LogP contribution in [-0.4, -0.2) is 55.4 Å². The fourth-order valence-electron chi connectivity index (χ4n) is 2.76. The Morgan fingerprint density at radius 2 is 1.87 bits per heavy atom. The van der Waals surface area contributed by atoms with E-state index in [1.54, 1.807) is 4.90 Å². The molecule has 2 aliphatic rings. The van der Waals surface area contributed by atoms with Crippen LogP contribution in [-0.2, 0) is 16.4 Å². The summed E-state index contributed by atoms with van der Waals surface area (Å²) in [6, 6.07) is 7.45. The first-order chi connectivity index (χ1) is 10.9. The minimum absolute atomic E-state index is 0.0576. The molecule has 5 nitrogen and oxygen atoms in total. The molecule has 23 heavy (non-hydrogen) atoms. The van der Waals surface area contributed by atoms with E-state index < -0.39 is 9.84 Å². The zero-order valence-corrected chi connectivity index (χ0v) is 14.5. The number of urea groups is 1. The lowest BCUT2D eigenvalue weighted by Crippen LogP contribution is -2.50. The van der Waals surface area contributed by atoms with Gasteiger partial charge in [-0.1, -0.05) is 29.8 Å². The molecule has 0 spiro atoms. The second kappa shape index (κ2) is 6.69. The third-order valence-electron chi connectivity index (χ3n) is 4.38. The van der Waals surface area contributed by atoms with Crippen molar-refractivity contribution in [3.63, 3.8) is 0 Å². The zero-order valence-electron chi connectivity index (χ0n) is 12.9.